The highest BCUT2D eigenvalue weighted by Crippen LogP contribution is 2.23. The van der Waals surface area contributed by atoms with Gasteiger partial charge in [-0.3, -0.25) is 14.9 Å². The van der Waals surface area contributed by atoms with Crippen molar-refractivity contribution in [2.75, 3.05) is 4.90 Å². The Bertz CT molecular complexity index is 652. The minimum Gasteiger partial charge on any atom is -0.468 e. The second-order valence-electron chi connectivity index (χ2n) is 4.76. The Labute approximate surface area is 120 Å². The lowest BCUT2D eigenvalue weighted by atomic mass is 10.2. The third-order valence-corrected chi connectivity index (χ3v) is 3.33. The number of halogens is 1. The summed E-state index contributed by atoms with van der Waals surface area (Å²) in [6.45, 7) is 0.369. The van der Waals surface area contributed by atoms with Crippen LogP contribution >= 0.6 is 0 Å². The predicted octanol–water partition coefficient (Wildman–Crippen LogP) is 1.84. The Morgan fingerprint density at radius 3 is 2.67 bits per heavy atom. The van der Waals surface area contributed by atoms with Gasteiger partial charge >= 0.3 is 0 Å². The molecule has 1 fully saturated rings. The Kier molecular flexibility index (Phi) is 3.53. The molecule has 0 bridgehead atoms. The van der Waals surface area contributed by atoms with Gasteiger partial charge in [-0.15, -0.1) is 0 Å². The van der Waals surface area contributed by atoms with Crippen molar-refractivity contribution < 1.29 is 18.4 Å². The van der Waals surface area contributed by atoms with Gasteiger partial charge in [0.25, 0.3) is 5.91 Å². The number of carbonyl (C=O) groups is 2. The predicted molar refractivity (Wildman–Crippen MR) is 72.8 cm³/mol. The van der Waals surface area contributed by atoms with Crippen LogP contribution in [0.5, 0.6) is 0 Å². The normalized spacial score (nSPS) is 18.5. The molecule has 5 nitrogen and oxygen atoms in total. The SMILES string of the molecule is O=C1C[C@@H](NCc2ccco2)C(=O)N1c1ccc(F)cc1. The molecule has 2 aromatic rings. The quantitative estimate of drug-likeness (QED) is 0.872. The van der Waals surface area contributed by atoms with E-state index in [0.29, 0.717) is 18.0 Å². The minimum atomic E-state index is -0.590. The second kappa shape index (κ2) is 5.49. The third kappa shape index (κ3) is 2.71. The van der Waals surface area contributed by atoms with Gasteiger partial charge in [0.05, 0.1) is 31.0 Å². The average Bonchev–Trinajstić information content (AvgIpc) is 3.07. The van der Waals surface area contributed by atoms with Crippen LogP contribution in [0, 0.1) is 5.82 Å². The number of rotatable bonds is 4. The topological polar surface area (TPSA) is 62.6 Å². The molecule has 2 heterocycles. The number of nitrogens with zero attached hydrogens (tertiary/aromatic N) is 1. The first kappa shape index (κ1) is 13.5. The fraction of sp³-hybridized carbons (Fsp3) is 0.200. The van der Waals surface area contributed by atoms with E-state index < -0.39 is 11.9 Å². The average molecular weight is 288 g/mol. The van der Waals surface area contributed by atoms with E-state index in [1.54, 1.807) is 18.4 Å². The van der Waals surface area contributed by atoms with E-state index >= 15 is 0 Å². The highest BCUT2D eigenvalue weighted by Gasteiger charge is 2.39. The molecule has 1 N–H and O–H groups in total. The van der Waals surface area contributed by atoms with Gasteiger partial charge in [-0.05, 0) is 36.4 Å². The van der Waals surface area contributed by atoms with Gasteiger partial charge in [-0.1, -0.05) is 0 Å². The van der Waals surface area contributed by atoms with Gasteiger partial charge < -0.3 is 4.42 Å². The maximum absolute atomic E-state index is 12.9. The first-order valence-corrected chi connectivity index (χ1v) is 6.53. The Morgan fingerprint density at radius 2 is 2.00 bits per heavy atom. The fourth-order valence-corrected chi connectivity index (χ4v) is 2.29. The van der Waals surface area contributed by atoms with Gasteiger partial charge in [0.1, 0.15) is 11.6 Å². The standard InChI is InChI=1S/C15H13FN2O3/c16-10-3-5-11(6-4-10)18-14(19)8-13(15(18)20)17-9-12-2-1-7-21-12/h1-7,13,17H,8-9H2/t13-/m1/s1. The van der Waals surface area contributed by atoms with E-state index in [-0.39, 0.29) is 18.2 Å². The maximum Gasteiger partial charge on any atom is 0.251 e. The van der Waals surface area contributed by atoms with Crippen LogP contribution in [-0.4, -0.2) is 17.9 Å². The summed E-state index contributed by atoms with van der Waals surface area (Å²) >= 11 is 0. The Hall–Kier alpha value is -2.47. The van der Waals surface area contributed by atoms with Gasteiger partial charge in [0.2, 0.25) is 5.91 Å². The van der Waals surface area contributed by atoms with Crippen molar-refractivity contribution in [1.29, 1.82) is 0 Å². The van der Waals surface area contributed by atoms with E-state index in [0.717, 1.165) is 4.90 Å². The number of anilines is 1. The first-order chi connectivity index (χ1) is 10.1. The van der Waals surface area contributed by atoms with Crippen molar-refractivity contribution in [1.82, 2.24) is 5.32 Å². The number of benzene rings is 1. The zero-order valence-corrected chi connectivity index (χ0v) is 11.1. The van der Waals surface area contributed by atoms with Crippen LogP contribution in [0.2, 0.25) is 0 Å². The number of hydrogen-bond donors (Lipinski definition) is 1. The summed E-state index contributed by atoms with van der Waals surface area (Å²) in [7, 11) is 0. The summed E-state index contributed by atoms with van der Waals surface area (Å²) in [6.07, 6.45) is 1.63. The van der Waals surface area contributed by atoms with Crippen molar-refractivity contribution >= 4 is 17.5 Å². The van der Waals surface area contributed by atoms with E-state index in [9.17, 15) is 14.0 Å². The van der Waals surface area contributed by atoms with Crippen molar-refractivity contribution in [2.24, 2.45) is 0 Å². The number of hydrogen-bond acceptors (Lipinski definition) is 4. The van der Waals surface area contributed by atoms with Crippen LogP contribution in [-0.2, 0) is 16.1 Å². The molecule has 6 heteroatoms. The molecular formula is C15H13FN2O3. The van der Waals surface area contributed by atoms with Gasteiger partial charge in [-0.2, -0.15) is 0 Å². The van der Waals surface area contributed by atoms with Crippen LogP contribution in [0.4, 0.5) is 10.1 Å². The van der Waals surface area contributed by atoms with E-state index in [2.05, 4.69) is 5.32 Å². The molecule has 1 aromatic carbocycles. The molecule has 108 valence electrons. The number of carbonyl (C=O) groups excluding carboxylic acids is 2. The molecule has 0 spiro atoms. The summed E-state index contributed by atoms with van der Waals surface area (Å²) in [6, 6.07) is 8.22. The third-order valence-electron chi connectivity index (χ3n) is 3.33. The lowest BCUT2D eigenvalue weighted by molar-refractivity contribution is -0.121. The summed E-state index contributed by atoms with van der Waals surface area (Å²) in [5, 5.41) is 3.00. The number of furan rings is 1. The molecule has 3 rings (SSSR count). The molecule has 2 amide bonds. The number of amides is 2. The molecule has 0 saturated carbocycles. The van der Waals surface area contributed by atoms with Crippen molar-refractivity contribution in [3.05, 3.63) is 54.2 Å². The maximum atomic E-state index is 12.9. The molecule has 1 atom stereocenters. The summed E-state index contributed by atoms with van der Waals surface area (Å²) in [4.78, 5) is 25.4. The molecule has 21 heavy (non-hydrogen) atoms. The summed E-state index contributed by atoms with van der Waals surface area (Å²) in [5.74, 6) is -0.359. The fourth-order valence-electron chi connectivity index (χ4n) is 2.29. The van der Waals surface area contributed by atoms with Crippen LogP contribution in [0.3, 0.4) is 0 Å². The van der Waals surface area contributed by atoms with Crippen molar-refractivity contribution in [3.8, 4) is 0 Å². The first-order valence-electron chi connectivity index (χ1n) is 6.53. The minimum absolute atomic E-state index is 0.0803. The zero-order chi connectivity index (χ0) is 14.8. The summed E-state index contributed by atoms with van der Waals surface area (Å²) in [5.41, 5.74) is 0.383. The second-order valence-corrected chi connectivity index (χ2v) is 4.76. The smallest absolute Gasteiger partial charge is 0.251 e. The van der Waals surface area contributed by atoms with Crippen LogP contribution < -0.4 is 10.2 Å². The van der Waals surface area contributed by atoms with E-state index in [1.165, 1.54) is 24.3 Å². The van der Waals surface area contributed by atoms with Gasteiger partial charge in [0.15, 0.2) is 0 Å². The number of nitrogens with one attached hydrogen (secondary N) is 1. The van der Waals surface area contributed by atoms with E-state index in [1.807, 2.05) is 0 Å². The molecular weight excluding hydrogens is 275 g/mol. The van der Waals surface area contributed by atoms with Crippen LogP contribution in [0.1, 0.15) is 12.2 Å². The van der Waals surface area contributed by atoms with Crippen LogP contribution in [0.25, 0.3) is 0 Å². The molecule has 0 aliphatic carbocycles. The lowest BCUT2D eigenvalue weighted by Crippen LogP contribution is -2.38. The molecule has 0 radical (unpaired) electrons. The molecule has 1 saturated heterocycles. The highest BCUT2D eigenvalue weighted by atomic mass is 19.1. The molecule has 1 aliphatic rings. The monoisotopic (exact) mass is 288 g/mol. The van der Waals surface area contributed by atoms with Gasteiger partial charge in [0, 0.05) is 0 Å². The van der Waals surface area contributed by atoms with Gasteiger partial charge in [-0.25, -0.2) is 9.29 Å². The lowest BCUT2D eigenvalue weighted by Gasteiger charge is -2.15. The number of imide groups is 1. The van der Waals surface area contributed by atoms with Crippen LogP contribution in [0.15, 0.2) is 47.1 Å². The van der Waals surface area contributed by atoms with E-state index in [4.69, 9.17) is 4.42 Å². The molecule has 1 aromatic heterocycles. The Balaban J connectivity index is 1.71. The Morgan fingerprint density at radius 1 is 1.24 bits per heavy atom. The molecule has 0 unspecified atom stereocenters. The van der Waals surface area contributed by atoms with Crippen molar-refractivity contribution in [3.63, 3.8) is 0 Å². The van der Waals surface area contributed by atoms with Crippen molar-refractivity contribution in [2.45, 2.75) is 19.0 Å². The highest BCUT2D eigenvalue weighted by molar-refractivity contribution is 6.22. The zero-order valence-electron chi connectivity index (χ0n) is 11.1. The molecule has 1 aliphatic heterocycles. The largest absolute Gasteiger partial charge is 0.468 e. The summed E-state index contributed by atoms with van der Waals surface area (Å²) < 4.78 is 18.1.